The number of methoxy groups -OCH3 is 1. The number of ether oxygens (including phenoxy) is 1. The molecule has 4 heterocycles. The predicted octanol–water partition coefficient (Wildman–Crippen LogP) is 5.09. The van der Waals surface area contributed by atoms with Crippen molar-refractivity contribution in [3.8, 4) is 11.1 Å². The van der Waals surface area contributed by atoms with Crippen molar-refractivity contribution >= 4 is 72.8 Å². The van der Waals surface area contributed by atoms with Gasteiger partial charge in [0.1, 0.15) is 11.6 Å². The van der Waals surface area contributed by atoms with Gasteiger partial charge in [0.25, 0.3) is 0 Å². The number of benzene rings is 2. The molecule has 43 heavy (non-hydrogen) atoms. The zero-order valence-corrected chi connectivity index (χ0v) is 26.3. The maximum Gasteiger partial charge on any atom is 0.350 e. The summed E-state index contributed by atoms with van der Waals surface area (Å²) >= 11 is 9.86. The van der Waals surface area contributed by atoms with E-state index in [0.29, 0.717) is 58.6 Å². The van der Waals surface area contributed by atoms with E-state index >= 15 is 0 Å². The number of rotatable bonds is 9. The first kappa shape index (κ1) is 30.0. The van der Waals surface area contributed by atoms with Crippen molar-refractivity contribution in [1.29, 1.82) is 0 Å². The Hall–Kier alpha value is -3.06. The lowest BCUT2D eigenvalue weighted by molar-refractivity contribution is 0.208. The van der Waals surface area contributed by atoms with Gasteiger partial charge < -0.3 is 20.7 Å². The molecule has 0 spiro atoms. The summed E-state index contributed by atoms with van der Waals surface area (Å²) in [5.74, 6) is 0.923. The molecular formula is C29H32ClFN8O2S2. The number of piperidine rings is 1. The van der Waals surface area contributed by atoms with Crippen molar-refractivity contribution < 1.29 is 9.13 Å². The van der Waals surface area contributed by atoms with E-state index in [-0.39, 0.29) is 28.7 Å². The van der Waals surface area contributed by atoms with E-state index in [0.717, 1.165) is 58.5 Å². The lowest BCUT2D eigenvalue weighted by atomic mass is 10.00. The van der Waals surface area contributed by atoms with Crippen LogP contribution in [0.5, 0.6) is 0 Å². The van der Waals surface area contributed by atoms with E-state index in [1.165, 1.54) is 6.07 Å². The third-order valence-electron chi connectivity index (χ3n) is 7.87. The Morgan fingerprint density at radius 2 is 2.12 bits per heavy atom. The number of fused-ring (bicyclic) bond motifs is 1. The Morgan fingerprint density at radius 1 is 1.30 bits per heavy atom. The summed E-state index contributed by atoms with van der Waals surface area (Å²) in [6, 6.07) is 7.88. The number of aromatic nitrogens is 3. The number of nitrogen functional groups attached to an aromatic ring is 1. The van der Waals surface area contributed by atoms with E-state index in [4.69, 9.17) is 22.1 Å². The largest absolute Gasteiger partial charge is 0.383 e. The van der Waals surface area contributed by atoms with Crippen molar-refractivity contribution in [1.82, 2.24) is 19.9 Å². The highest BCUT2D eigenvalue weighted by atomic mass is 35.5. The van der Waals surface area contributed by atoms with E-state index in [1.807, 2.05) is 17.7 Å². The maximum absolute atomic E-state index is 14.7. The molecular weight excluding hydrogens is 611 g/mol. The zero-order valence-electron chi connectivity index (χ0n) is 23.9. The number of nitrogens with two attached hydrogens (primary N) is 1. The van der Waals surface area contributed by atoms with Crippen LogP contribution >= 0.6 is 34.7 Å². The molecule has 4 aromatic rings. The molecule has 1 saturated heterocycles. The molecule has 0 aliphatic carbocycles. The van der Waals surface area contributed by atoms with Crippen LogP contribution in [0, 0.1) is 5.82 Å². The van der Waals surface area contributed by atoms with Crippen LogP contribution in [0.4, 0.5) is 15.3 Å². The van der Waals surface area contributed by atoms with Crippen molar-refractivity contribution in [3.63, 3.8) is 0 Å². The monoisotopic (exact) mass is 642 g/mol. The molecule has 1 fully saturated rings. The van der Waals surface area contributed by atoms with Crippen LogP contribution in [0.1, 0.15) is 25.3 Å². The van der Waals surface area contributed by atoms with E-state index < -0.39 is 0 Å². The first-order valence-corrected chi connectivity index (χ1v) is 16.4. The van der Waals surface area contributed by atoms with Gasteiger partial charge >= 0.3 is 5.69 Å². The van der Waals surface area contributed by atoms with Gasteiger partial charge in [-0.3, -0.25) is 4.57 Å². The number of thioether (sulfide) groups is 1. The molecule has 0 radical (unpaired) electrons. The Bertz CT molecular complexity index is 1800. The quantitative estimate of drug-likeness (QED) is 0.191. The first-order chi connectivity index (χ1) is 20.9. The second kappa shape index (κ2) is 12.9. The average Bonchev–Trinajstić information content (AvgIpc) is 3.41. The van der Waals surface area contributed by atoms with Crippen LogP contribution in [0.2, 0.25) is 5.02 Å². The SMILES string of the molecule is CNCC[C@H]1CSc2c(-c3ccc(F)c4sc(N)nc34)c(Cl)cc3c(N4CCC(N=C=NCCOC)CC4)nc(=O)n1c23. The summed E-state index contributed by atoms with van der Waals surface area (Å²) in [5, 5.41) is 4.79. The molecule has 6 rings (SSSR count). The fraction of sp³-hybridized carbons (Fsp3) is 0.448. The average molecular weight is 643 g/mol. The standard InChI is InChI=1S/C29H32ClFN8O2S2/c1-33-8-5-17-14-42-26-22(18-3-4-21(31)25-23(18)36-28(32)43-25)20(30)13-19-24(26)39(17)29(40)37-27(19)38-10-6-16(7-11-38)35-15-34-9-12-41-2/h3-4,13,16-17,33H,5-12,14H2,1-2H3,(H2,32,36)/t17-/m0/s1. The van der Waals surface area contributed by atoms with Gasteiger partial charge in [-0.05, 0) is 51.1 Å². The number of hydrogen-bond donors (Lipinski definition) is 2. The molecule has 0 amide bonds. The van der Waals surface area contributed by atoms with Gasteiger partial charge in [0.15, 0.2) is 5.13 Å². The Morgan fingerprint density at radius 3 is 2.88 bits per heavy atom. The Balaban J connectivity index is 1.47. The Labute approximate surface area is 261 Å². The fourth-order valence-corrected chi connectivity index (χ4v) is 8.29. The van der Waals surface area contributed by atoms with Gasteiger partial charge in [-0.2, -0.15) is 4.98 Å². The number of halogens is 2. The summed E-state index contributed by atoms with van der Waals surface area (Å²) in [7, 11) is 3.54. The summed E-state index contributed by atoms with van der Waals surface area (Å²) in [4.78, 5) is 34.6. The lowest BCUT2D eigenvalue weighted by Gasteiger charge is -2.34. The third-order valence-corrected chi connectivity index (χ3v) is 10.3. The minimum atomic E-state index is -0.379. The molecule has 226 valence electrons. The van der Waals surface area contributed by atoms with Crippen LogP contribution in [-0.4, -0.2) is 79.3 Å². The molecule has 1 atom stereocenters. The van der Waals surface area contributed by atoms with Gasteiger partial charge in [0.2, 0.25) is 0 Å². The van der Waals surface area contributed by atoms with Crippen molar-refractivity contribution in [3.05, 3.63) is 39.5 Å². The number of aliphatic imine (C=N–C) groups is 2. The number of anilines is 2. The minimum Gasteiger partial charge on any atom is -0.383 e. The van der Waals surface area contributed by atoms with Crippen molar-refractivity contribution in [2.45, 2.75) is 36.2 Å². The highest BCUT2D eigenvalue weighted by Crippen LogP contribution is 2.49. The second-order valence-electron chi connectivity index (χ2n) is 10.6. The molecule has 2 aromatic heterocycles. The summed E-state index contributed by atoms with van der Waals surface area (Å²) in [6.07, 6.45) is 2.35. The Kier molecular flexibility index (Phi) is 8.99. The molecule has 10 nitrogen and oxygen atoms in total. The van der Waals surface area contributed by atoms with Gasteiger partial charge in [-0.25, -0.2) is 24.2 Å². The number of hydrogen-bond acceptors (Lipinski definition) is 11. The normalized spacial score (nSPS) is 17.0. The number of nitrogens with one attached hydrogen (secondary N) is 1. The summed E-state index contributed by atoms with van der Waals surface area (Å²) in [5.41, 5.74) is 8.40. The van der Waals surface area contributed by atoms with Gasteiger partial charge in [0, 0.05) is 53.4 Å². The van der Waals surface area contributed by atoms with Crippen molar-refractivity contribution in [2.75, 3.05) is 63.3 Å². The van der Waals surface area contributed by atoms with E-state index in [1.54, 1.807) is 24.9 Å². The summed E-state index contributed by atoms with van der Waals surface area (Å²) < 4.78 is 21.9. The highest BCUT2D eigenvalue weighted by molar-refractivity contribution is 7.99. The molecule has 2 aliphatic heterocycles. The zero-order chi connectivity index (χ0) is 30.1. The molecule has 0 unspecified atom stereocenters. The van der Waals surface area contributed by atoms with E-state index in [2.05, 4.69) is 36.2 Å². The minimum absolute atomic E-state index is 0.0452. The van der Waals surface area contributed by atoms with Crippen LogP contribution in [-0.2, 0) is 4.74 Å². The molecule has 3 N–H and O–H groups in total. The molecule has 0 bridgehead atoms. The van der Waals surface area contributed by atoms with Crippen LogP contribution in [0.3, 0.4) is 0 Å². The molecule has 14 heteroatoms. The maximum atomic E-state index is 14.7. The summed E-state index contributed by atoms with van der Waals surface area (Å²) in [6.45, 7) is 3.19. The van der Waals surface area contributed by atoms with E-state index in [9.17, 15) is 9.18 Å². The topological polar surface area (TPSA) is 123 Å². The fourth-order valence-electron chi connectivity index (χ4n) is 5.79. The predicted molar refractivity (Wildman–Crippen MR) is 174 cm³/mol. The first-order valence-electron chi connectivity index (χ1n) is 14.2. The molecule has 2 aromatic carbocycles. The number of thiazole rings is 1. The van der Waals surface area contributed by atoms with Gasteiger partial charge in [-0.1, -0.05) is 22.9 Å². The number of nitrogens with zero attached hydrogens (tertiary/aromatic N) is 6. The van der Waals surface area contributed by atoms with Crippen LogP contribution in [0.15, 0.2) is 37.9 Å². The second-order valence-corrected chi connectivity index (χ2v) is 13.0. The molecule has 0 saturated carbocycles. The van der Waals surface area contributed by atoms with Crippen LogP contribution in [0.25, 0.3) is 32.2 Å². The molecule has 2 aliphatic rings. The smallest absolute Gasteiger partial charge is 0.350 e. The van der Waals surface area contributed by atoms with Gasteiger partial charge in [0.05, 0.1) is 46.0 Å². The van der Waals surface area contributed by atoms with Crippen molar-refractivity contribution in [2.24, 2.45) is 9.98 Å². The highest BCUT2D eigenvalue weighted by Gasteiger charge is 2.32. The van der Waals surface area contributed by atoms with Gasteiger partial charge in [-0.15, -0.1) is 11.8 Å². The lowest BCUT2D eigenvalue weighted by Crippen LogP contribution is -2.39. The third kappa shape index (κ3) is 5.77. The van der Waals surface area contributed by atoms with Crippen LogP contribution < -0.4 is 21.6 Å².